The number of fused-ring (bicyclic) bond motifs is 2. The van der Waals surface area contributed by atoms with Crippen molar-refractivity contribution in [3.8, 4) is 0 Å². The molecule has 2 amide bonds. The lowest BCUT2D eigenvalue weighted by Crippen LogP contribution is -2.33. The quantitative estimate of drug-likeness (QED) is 0.281. The summed E-state index contributed by atoms with van der Waals surface area (Å²) in [4.78, 5) is 30.4. The number of aryl methyl sites for hydroxylation is 1. The molecule has 0 saturated carbocycles. The minimum absolute atomic E-state index is 0.0343. The molecule has 3 aromatic carbocycles. The van der Waals surface area contributed by atoms with Crippen LogP contribution < -0.4 is 10.2 Å². The Morgan fingerprint density at radius 1 is 0.947 bits per heavy atom. The van der Waals surface area contributed by atoms with E-state index in [1.807, 2.05) is 99.1 Å². The van der Waals surface area contributed by atoms with E-state index in [4.69, 9.17) is 0 Å². The first-order valence-electron chi connectivity index (χ1n) is 12.4. The van der Waals surface area contributed by atoms with Crippen LogP contribution in [0.15, 0.2) is 87.7 Å². The molecule has 1 aromatic heterocycles. The molecular weight excluding hydrogens is 514 g/mol. The lowest BCUT2D eigenvalue weighted by Gasteiger charge is -2.30. The van der Waals surface area contributed by atoms with Gasteiger partial charge in [-0.3, -0.25) is 14.5 Å². The molecule has 0 bridgehead atoms. The molecule has 1 aliphatic heterocycles. The van der Waals surface area contributed by atoms with Crippen molar-refractivity contribution in [3.05, 3.63) is 89.7 Å². The molecule has 0 unspecified atom stereocenters. The zero-order chi connectivity index (χ0) is 26.8. The normalized spacial score (nSPS) is 13.1. The van der Waals surface area contributed by atoms with Gasteiger partial charge in [-0.25, -0.2) is 0 Å². The minimum Gasteiger partial charge on any atom is -0.342 e. The van der Waals surface area contributed by atoms with E-state index >= 15 is 0 Å². The van der Waals surface area contributed by atoms with E-state index < -0.39 is 0 Å². The number of hydrogen-bond acceptors (Lipinski definition) is 6. The summed E-state index contributed by atoms with van der Waals surface area (Å²) >= 11 is 3.02. The van der Waals surface area contributed by atoms with Gasteiger partial charge in [0, 0.05) is 22.4 Å². The average molecular weight is 544 g/mol. The Morgan fingerprint density at radius 3 is 2.24 bits per heavy atom. The molecule has 1 atom stereocenters. The molecule has 0 fully saturated rings. The third-order valence-corrected chi connectivity index (χ3v) is 8.52. The summed E-state index contributed by atoms with van der Waals surface area (Å²) in [5.41, 5.74) is 3.41. The Morgan fingerprint density at radius 2 is 1.61 bits per heavy atom. The number of hydrogen-bond donors (Lipinski definition) is 1. The van der Waals surface area contributed by atoms with Crippen molar-refractivity contribution in [3.63, 3.8) is 0 Å². The molecule has 9 heteroatoms. The summed E-state index contributed by atoms with van der Waals surface area (Å²) in [6, 6.07) is 23.1. The summed E-state index contributed by atoms with van der Waals surface area (Å²) in [5, 5.41) is 12.5. The van der Waals surface area contributed by atoms with Crippen LogP contribution in [0.3, 0.4) is 0 Å². The van der Waals surface area contributed by atoms with E-state index in [2.05, 4.69) is 15.5 Å². The maximum absolute atomic E-state index is 13.6. The van der Waals surface area contributed by atoms with Crippen LogP contribution in [0.25, 0.3) is 0 Å². The molecule has 1 N–H and O–H groups in total. The van der Waals surface area contributed by atoms with E-state index in [0.29, 0.717) is 16.5 Å². The molecule has 0 spiro atoms. The van der Waals surface area contributed by atoms with Crippen molar-refractivity contribution < 1.29 is 9.59 Å². The van der Waals surface area contributed by atoms with E-state index in [1.54, 1.807) is 22.7 Å². The first kappa shape index (κ1) is 26.1. The number of nitrogens with one attached hydrogen (secondary N) is 1. The lowest BCUT2D eigenvalue weighted by atomic mass is 10.0. The average Bonchev–Trinajstić information content (AvgIpc) is 3.28. The molecule has 2 heterocycles. The largest absolute Gasteiger partial charge is 0.342 e. The summed E-state index contributed by atoms with van der Waals surface area (Å²) in [6.45, 7) is 6.04. The van der Waals surface area contributed by atoms with Crippen LogP contribution in [-0.4, -0.2) is 32.3 Å². The van der Waals surface area contributed by atoms with Gasteiger partial charge in [-0.2, -0.15) is 0 Å². The number of amides is 2. The maximum atomic E-state index is 13.6. The van der Waals surface area contributed by atoms with E-state index in [9.17, 15) is 9.59 Å². The summed E-state index contributed by atoms with van der Waals surface area (Å²) in [7, 11) is 1.87. The number of thioether (sulfide) groups is 1. The second-order valence-electron chi connectivity index (χ2n) is 9.52. The van der Waals surface area contributed by atoms with Gasteiger partial charge in [-0.05, 0) is 49.2 Å². The van der Waals surface area contributed by atoms with Gasteiger partial charge in [-0.15, -0.1) is 10.2 Å². The van der Waals surface area contributed by atoms with Crippen LogP contribution in [0.1, 0.15) is 41.6 Å². The van der Waals surface area contributed by atoms with Crippen LogP contribution >= 0.6 is 23.5 Å². The van der Waals surface area contributed by atoms with Crippen LogP contribution in [0.4, 0.5) is 11.4 Å². The molecule has 0 radical (unpaired) electrons. The molecule has 38 heavy (non-hydrogen) atoms. The van der Waals surface area contributed by atoms with Gasteiger partial charge in [0.1, 0.15) is 0 Å². The Bertz CT molecular complexity index is 1450. The monoisotopic (exact) mass is 543 g/mol. The first-order valence-corrected chi connectivity index (χ1v) is 14.2. The van der Waals surface area contributed by atoms with Crippen molar-refractivity contribution in [2.45, 2.75) is 41.8 Å². The van der Waals surface area contributed by atoms with Gasteiger partial charge < -0.3 is 9.88 Å². The zero-order valence-corrected chi connectivity index (χ0v) is 23.3. The van der Waals surface area contributed by atoms with Gasteiger partial charge in [0.05, 0.1) is 23.2 Å². The molecule has 194 valence electrons. The first-order chi connectivity index (χ1) is 18.3. The predicted octanol–water partition coefficient (Wildman–Crippen LogP) is 6.17. The second kappa shape index (κ2) is 11.0. The molecule has 1 aliphatic rings. The van der Waals surface area contributed by atoms with Crippen molar-refractivity contribution in [1.29, 1.82) is 0 Å². The van der Waals surface area contributed by atoms with E-state index in [1.165, 1.54) is 11.8 Å². The van der Waals surface area contributed by atoms with E-state index in [0.717, 1.165) is 26.7 Å². The fourth-order valence-electron chi connectivity index (χ4n) is 4.43. The highest BCUT2D eigenvalue weighted by Gasteiger charge is 2.29. The summed E-state index contributed by atoms with van der Waals surface area (Å²) in [6.07, 6.45) is 0. The molecule has 4 aromatic rings. The summed E-state index contributed by atoms with van der Waals surface area (Å²) < 4.78 is 1.87. The van der Waals surface area contributed by atoms with E-state index in [-0.39, 0.29) is 29.5 Å². The zero-order valence-electron chi connectivity index (χ0n) is 21.7. The third kappa shape index (κ3) is 5.21. The van der Waals surface area contributed by atoms with Crippen molar-refractivity contribution in [2.75, 3.05) is 10.7 Å². The number of carbonyl (C=O) groups excluding carboxylic acids is 2. The summed E-state index contributed by atoms with van der Waals surface area (Å²) in [5.74, 6) is 0.750. The Hall–Kier alpha value is -3.56. The number of aromatic nitrogens is 3. The topological polar surface area (TPSA) is 80.1 Å². The Balaban J connectivity index is 1.33. The van der Waals surface area contributed by atoms with Crippen LogP contribution in [0.2, 0.25) is 0 Å². The highest BCUT2D eigenvalue weighted by molar-refractivity contribution is 8.00. The van der Waals surface area contributed by atoms with Gasteiger partial charge >= 0.3 is 0 Å². The van der Waals surface area contributed by atoms with Gasteiger partial charge in [0.15, 0.2) is 11.0 Å². The molecule has 7 nitrogen and oxygen atoms in total. The van der Waals surface area contributed by atoms with Crippen LogP contribution in [0.5, 0.6) is 0 Å². The molecule has 0 saturated heterocycles. The SMILES string of the molecule is Cc1cccc(C(=O)N[C@@H](c2nnc(SCC(=O)N3c4ccccc4Sc4ccccc43)n2C)C(C)C)c1. The maximum Gasteiger partial charge on any atom is 0.251 e. The number of nitrogens with zero attached hydrogens (tertiary/aromatic N) is 4. The van der Waals surface area contributed by atoms with Gasteiger partial charge in [0.25, 0.3) is 5.91 Å². The number of carbonyl (C=O) groups is 2. The second-order valence-corrected chi connectivity index (χ2v) is 11.5. The number of para-hydroxylation sites is 2. The minimum atomic E-state index is -0.330. The standard InChI is InChI=1S/C29H29N5O2S2/c1-18(2)26(30-28(36)20-11-9-10-19(3)16-20)27-31-32-29(33(27)4)37-17-25(35)34-21-12-5-7-14-23(21)38-24-15-8-6-13-22(24)34/h5-16,18,26H,17H2,1-4H3,(H,30,36)/t26-/m1/s1. The molecule has 0 aliphatic carbocycles. The number of benzene rings is 3. The number of anilines is 2. The van der Waals surface area contributed by atoms with Crippen molar-refractivity contribution in [1.82, 2.24) is 20.1 Å². The smallest absolute Gasteiger partial charge is 0.251 e. The van der Waals surface area contributed by atoms with Crippen LogP contribution in [0, 0.1) is 12.8 Å². The Labute approximate surface area is 231 Å². The third-order valence-electron chi connectivity index (χ3n) is 6.39. The van der Waals surface area contributed by atoms with Crippen molar-refractivity contribution >= 4 is 46.7 Å². The fraction of sp³-hybridized carbons (Fsp3) is 0.241. The number of rotatable bonds is 7. The van der Waals surface area contributed by atoms with Gasteiger partial charge in [-0.1, -0.05) is 79.3 Å². The van der Waals surface area contributed by atoms with Gasteiger partial charge in [0.2, 0.25) is 5.91 Å². The lowest BCUT2D eigenvalue weighted by molar-refractivity contribution is -0.115. The highest BCUT2D eigenvalue weighted by atomic mass is 32.2. The highest BCUT2D eigenvalue weighted by Crippen LogP contribution is 2.48. The molecular formula is C29H29N5O2S2. The van der Waals surface area contributed by atoms with Crippen molar-refractivity contribution in [2.24, 2.45) is 13.0 Å². The predicted molar refractivity (Wildman–Crippen MR) is 152 cm³/mol. The molecule has 5 rings (SSSR count). The fourth-order valence-corrected chi connectivity index (χ4v) is 6.25. The Kier molecular flexibility index (Phi) is 7.58. The van der Waals surface area contributed by atoms with Crippen LogP contribution in [-0.2, 0) is 11.8 Å².